The van der Waals surface area contributed by atoms with Crippen LogP contribution in [-0.2, 0) is 11.3 Å². The van der Waals surface area contributed by atoms with Gasteiger partial charge in [-0.15, -0.1) is 0 Å². The molecule has 0 aliphatic heterocycles. The number of hydrogen-bond acceptors (Lipinski definition) is 4. The number of amides is 1. The summed E-state index contributed by atoms with van der Waals surface area (Å²) in [6.45, 7) is 2.80. The molecule has 1 aliphatic carbocycles. The Bertz CT molecular complexity index is 454. The molecule has 5 nitrogen and oxygen atoms in total. The average Bonchev–Trinajstić information content (AvgIpc) is 3.06. The third-order valence-corrected chi connectivity index (χ3v) is 4.88. The summed E-state index contributed by atoms with van der Waals surface area (Å²) in [5, 5.41) is 13.1. The van der Waals surface area contributed by atoms with E-state index in [1.807, 2.05) is 19.1 Å². The van der Waals surface area contributed by atoms with E-state index >= 15 is 0 Å². The Morgan fingerprint density at radius 2 is 2.18 bits per heavy atom. The number of nitrogens with zero attached hydrogens (tertiary/aromatic N) is 1. The quantitative estimate of drug-likeness (QED) is 0.810. The van der Waals surface area contributed by atoms with Crippen molar-refractivity contribution < 1.29 is 14.3 Å². The van der Waals surface area contributed by atoms with E-state index in [0.29, 0.717) is 12.5 Å². The van der Waals surface area contributed by atoms with E-state index in [1.165, 1.54) is 19.3 Å². The van der Waals surface area contributed by atoms with E-state index in [9.17, 15) is 9.90 Å². The topological polar surface area (TPSA) is 65.7 Å². The molecule has 1 aromatic heterocycles. The molecule has 1 fully saturated rings. The van der Waals surface area contributed by atoms with Gasteiger partial charge in [0.2, 0.25) is 5.91 Å². The fourth-order valence-corrected chi connectivity index (χ4v) is 3.21. The summed E-state index contributed by atoms with van der Waals surface area (Å²) in [5.41, 5.74) is -0.373. The SMILES string of the molecule is CN(Cc1ccco1)C(=O)CNC(C)(CO)C1CCCCC1. The highest BCUT2D eigenvalue weighted by Gasteiger charge is 2.34. The molecule has 0 spiro atoms. The lowest BCUT2D eigenvalue weighted by Crippen LogP contribution is -2.55. The maximum absolute atomic E-state index is 12.3. The van der Waals surface area contributed by atoms with Gasteiger partial charge in [-0.05, 0) is 37.8 Å². The van der Waals surface area contributed by atoms with Crippen molar-refractivity contribution >= 4 is 5.91 Å². The van der Waals surface area contributed by atoms with E-state index in [4.69, 9.17) is 4.42 Å². The first kappa shape index (κ1) is 17.0. The highest BCUT2D eigenvalue weighted by molar-refractivity contribution is 5.78. The molecule has 22 heavy (non-hydrogen) atoms. The zero-order chi connectivity index (χ0) is 16.0. The lowest BCUT2D eigenvalue weighted by atomic mass is 9.76. The number of aliphatic hydroxyl groups is 1. The van der Waals surface area contributed by atoms with Gasteiger partial charge < -0.3 is 19.7 Å². The molecule has 2 rings (SSSR count). The molecule has 1 aromatic rings. The van der Waals surface area contributed by atoms with Gasteiger partial charge in [-0.2, -0.15) is 0 Å². The van der Waals surface area contributed by atoms with Crippen molar-refractivity contribution in [3.05, 3.63) is 24.2 Å². The second-order valence-corrected chi connectivity index (χ2v) is 6.59. The van der Waals surface area contributed by atoms with Crippen molar-refractivity contribution in [1.29, 1.82) is 0 Å². The number of aliphatic hydroxyl groups excluding tert-OH is 1. The third-order valence-electron chi connectivity index (χ3n) is 4.88. The van der Waals surface area contributed by atoms with E-state index in [1.54, 1.807) is 18.2 Å². The van der Waals surface area contributed by atoms with Crippen LogP contribution in [0.15, 0.2) is 22.8 Å². The van der Waals surface area contributed by atoms with Crippen molar-refractivity contribution in [3.63, 3.8) is 0 Å². The minimum atomic E-state index is -0.373. The molecule has 0 bridgehead atoms. The Kier molecular flexibility index (Phi) is 6.03. The fraction of sp³-hybridized carbons (Fsp3) is 0.706. The first-order valence-electron chi connectivity index (χ1n) is 8.17. The number of carbonyl (C=O) groups excluding carboxylic acids is 1. The van der Waals surface area contributed by atoms with Gasteiger partial charge in [-0.3, -0.25) is 4.79 Å². The summed E-state index contributed by atoms with van der Waals surface area (Å²) >= 11 is 0. The van der Waals surface area contributed by atoms with Gasteiger partial charge in [0.1, 0.15) is 5.76 Å². The minimum absolute atomic E-state index is 0.00637. The Balaban J connectivity index is 1.84. The van der Waals surface area contributed by atoms with E-state index in [-0.39, 0.29) is 24.6 Å². The summed E-state index contributed by atoms with van der Waals surface area (Å²) in [6, 6.07) is 3.68. The standard InChI is InChI=1S/C17H28N2O3/c1-17(13-20,14-7-4-3-5-8-14)18-11-16(21)19(2)12-15-9-6-10-22-15/h6,9-10,14,18,20H,3-5,7-8,11-13H2,1-2H3. The van der Waals surface area contributed by atoms with E-state index < -0.39 is 0 Å². The molecule has 1 saturated carbocycles. The zero-order valence-electron chi connectivity index (χ0n) is 13.7. The number of rotatable bonds is 7. The Morgan fingerprint density at radius 1 is 1.45 bits per heavy atom. The Labute approximate surface area is 132 Å². The zero-order valence-corrected chi connectivity index (χ0v) is 13.7. The van der Waals surface area contributed by atoms with Gasteiger partial charge in [-0.1, -0.05) is 19.3 Å². The molecule has 2 N–H and O–H groups in total. The predicted octanol–water partition coefficient (Wildman–Crippen LogP) is 2.16. The van der Waals surface area contributed by atoms with Crippen molar-refractivity contribution in [2.24, 2.45) is 5.92 Å². The van der Waals surface area contributed by atoms with Crippen LogP contribution in [0.25, 0.3) is 0 Å². The van der Waals surface area contributed by atoms with Crippen molar-refractivity contribution in [2.75, 3.05) is 20.2 Å². The molecular formula is C17H28N2O3. The van der Waals surface area contributed by atoms with Crippen molar-refractivity contribution in [2.45, 2.75) is 51.1 Å². The maximum atomic E-state index is 12.3. The number of hydrogen-bond donors (Lipinski definition) is 2. The van der Waals surface area contributed by atoms with Gasteiger partial charge in [0.15, 0.2) is 0 Å². The number of furan rings is 1. The number of likely N-dealkylation sites (N-methyl/N-ethyl adjacent to an activating group) is 1. The van der Waals surface area contributed by atoms with E-state index in [0.717, 1.165) is 18.6 Å². The highest BCUT2D eigenvalue weighted by atomic mass is 16.3. The van der Waals surface area contributed by atoms with Crippen molar-refractivity contribution in [3.8, 4) is 0 Å². The van der Waals surface area contributed by atoms with Crippen molar-refractivity contribution in [1.82, 2.24) is 10.2 Å². The average molecular weight is 308 g/mol. The molecule has 0 aromatic carbocycles. The molecule has 1 amide bonds. The van der Waals surface area contributed by atoms with E-state index in [2.05, 4.69) is 5.32 Å². The molecule has 124 valence electrons. The van der Waals surface area contributed by atoms with Crippen LogP contribution in [0.4, 0.5) is 0 Å². The summed E-state index contributed by atoms with van der Waals surface area (Å²) in [5.74, 6) is 1.22. The van der Waals surface area contributed by atoms with Gasteiger partial charge in [0.25, 0.3) is 0 Å². The lowest BCUT2D eigenvalue weighted by molar-refractivity contribution is -0.130. The van der Waals surface area contributed by atoms with Crippen LogP contribution in [0.1, 0.15) is 44.8 Å². The van der Waals surface area contributed by atoms with Crippen LogP contribution in [0.5, 0.6) is 0 Å². The second kappa shape index (κ2) is 7.79. The molecule has 5 heteroatoms. The first-order chi connectivity index (χ1) is 10.5. The summed E-state index contributed by atoms with van der Waals surface area (Å²) < 4.78 is 5.26. The second-order valence-electron chi connectivity index (χ2n) is 6.59. The van der Waals surface area contributed by atoms with Crippen LogP contribution >= 0.6 is 0 Å². The molecule has 1 unspecified atom stereocenters. The molecule has 1 aliphatic rings. The van der Waals surface area contributed by atoms with Crippen LogP contribution in [0.2, 0.25) is 0 Å². The minimum Gasteiger partial charge on any atom is -0.467 e. The van der Waals surface area contributed by atoms with Gasteiger partial charge in [-0.25, -0.2) is 0 Å². The van der Waals surface area contributed by atoms with Gasteiger partial charge in [0, 0.05) is 12.6 Å². The van der Waals surface area contributed by atoms with Gasteiger partial charge >= 0.3 is 0 Å². The first-order valence-corrected chi connectivity index (χ1v) is 8.17. The Morgan fingerprint density at radius 3 is 2.77 bits per heavy atom. The van der Waals surface area contributed by atoms with Crippen LogP contribution in [0.3, 0.4) is 0 Å². The molecule has 1 heterocycles. The fourth-order valence-electron chi connectivity index (χ4n) is 3.21. The molecule has 1 atom stereocenters. The normalized spacial score (nSPS) is 18.9. The summed E-state index contributed by atoms with van der Waals surface area (Å²) in [7, 11) is 1.77. The largest absolute Gasteiger partial charge is 0.467 e. The van der Waals surface area contributed by atoms with Gasteiger partial charge in [0.05, 0.1) is 26.0 Å². The molecule has 0 radical (unpaired) electrons. The maximum Gasteiger partial charge on any atom is 0.236 e. The smallest absolute Gasteiger partial charge is 0.236 e. The Hall–Kier alpha value is -1.33. The monoisotopic (exact) mass is 308 g/mol. The number of carbonyl (C=O) groups is 1. The highest BCUT2D eigenvalue weighted by Crippen LogP contribution is 2.32. The predicted molar refractivity (Wildman–Crippen MR) is 85.3 cm³/mol. The van der Waals surface area contributed by atoms with Crippen LogP contribution < -0.4 is 5.32 Å². The third kappa shape index (κ3) is 4.34. The number of nitrogens with one attached hydrogen (secondary N) is 1. The molecular weight excluding hydrogens is 280 g/mol. The lowest BCUT2D eigenvalue weighted by Gasteiger charge is -2.39. The van der Waals surface area contributed by atoms with Crippen LogP contribution in [-0.4, -0.2) is 41.7 Å². The summed E-state index contributed by atoms with van der Waals surface area (Å²) in [6.07, 6.45) is 7.57. The molecule has 0 saturated heterocycles. The van der Waals surface area contributed by atoms with Crippen LogP contribution in [0, 0.1) is 5.92 Å². The summed E-state index contributed by atoms with van der Waals surface area (Å²) in [4.78, 5) is 13.9.